The zero-order valence-corrected chi connectivity index (χ0v) is 28.5. The lowest BCUT2D eigenvalue weighted by molar-refractivity contribution is 0.212. The lowest BCUT2D eigenvalue weighted by Crippen LogP contribution is -2.36. The summed E-state index contributed by atoms with van der Waals surface area (Å²) in [4.78, 5) is 35.9. The van der Waals surface area contributed by atoms with E-state index < -0.39 is 6.17 Å². The van der Waals surface area contributed by atoms with Gasteiger partial charge in [0, 0.05) is 56.3 Å². The number of aliphatic imine (C=N–C) groups is 1. The summed E-state index contributed by atoms with van der Waals surface area (Å²) in [5.41, 5.74) is 13.0. The Kier molecular flexibility index (Phi) is 10.9. The van der Waals surface area contributed by atoms with E-state index in [1.165, 1.54) is 30.0 Å². The Hall–Kier alpha value is -4.09. The molecule has 6 heterocycles. The fourth-order valence-electron chi connectivity index (χ4n) is 7.56. The van der Waals surface area contributed by atoms with Crippen LogP contribution in [0.25, 0.3) is 5.70 Å². The van der Waals surface area contributed by atoms with Crippen LogP contribution in [0.4, 0.5) is 10.2 Å². The molecule has 11 heteroatoms. The molecule has 3 N–H and O–H groups in total. The molecular formula is C37H49FN8O2. The highest BCUT2D eigenvalue weighted by Gasteiger charge is 2.35. The number of pyridine rings is 1. The van der Waals surface area contributed by atoms with Crippen molar-refractivity contribution in [2.75, 3.05) is 51.8 Å². The second-order valence-corrected chi connectivity index (χ2v) is 13.3. The topological polar surface area (TPSA) is 116 Å². The zero-order valence-electron chi connectivity index (χ0n) is 28.5. The molecular weight excluding hydrogens is 607 g/mol. The minimum atomic E-state index is -0.518. The molecule has 0 amide bonds. The normalized spacial score (nSPS) is 23.1. The van der Waals surface area contributed by atoms with E-state index in [0.717, 1.165) is 74.5 Å². The molecule has 3 unspecified atom stereocenters. The summed E-state index contributed by atoms with van der Waals surface area (Å²) in [5.74, 6) is 0.888. The molecule has 3 atom stereocenters. The van der Waals surface area contributed by atoms with Crippen molar-refractivity contribution in [2.45, 2.75) is 76.7 Å². The number of aromatic amines is 1. The number of aromatic nitrogens is 3. The number of benzene rings is 1. The molecule has 3 aromatic rings. The minimum Gasteiger partial charge on any atom is -0.467 e. The molecule has 2 saturated heterocycles. The quantitative estimate of drug-likeness (QED) is 0.376. The number of ether oxygens (including phenoxy) is 1. The lowest BCUT2D eigenvalue weighted by Gasteiger charge is -2.37. The fourth-order valence-corrected chi connectivity index (χ4v) is 7.56. The van der Waals surface area contributed by atoms with Crippen molar-refractivity contribution in [3.8, 4) is 6.01 Å². The van der Waals surface area contributed by atoms with Crippen LogP contribution >= 0.6 is 0 Å². The van der Waals surface area contributed by atoms with Gasteiger partial charge in [0.1, 0.15) is 12.0 Å². The fraction of sp³-hybridized carbons (Fsp3) is 0.514. The molecule has 0 spiro atoms. The Morgan fingerprint density at radius 2 is 1.98 bits per heavy atom. The number of hydrogen-bond acceptors (Lipinski definition) is 9. The number of nitrogens with two attached hydrogens (primary N) is 1. The average Bonchev–Trinajstić information content (AvgIpc) is 3.58. The Morgan fingerprint density at radius 3 is 2.77 bits per heavy atom. The minimum absolute atomic E-state index is 0.187. The van der Waals surface area contributed by atoms with Crippen LogP contribution in [0.15, 0.2) is 58.3 Å². The van der Waals surface area contributed by atoms with E-state index in [2.05, 4.69) is 57.9 Å². The summed E-state index contributed by atoms with van der Waals surface area (Å²) in [6.07, 6.45) is 8.52. The average molecular weight is 657 g/mol. The van der Waals surface area contributed by atoms with Crippen molar-refractivity contribution in [3.05, 3.63) is 87.0 Å². The zero-order chi connectivity index (χ0) is 33.6. The second-order valence-electron chi connectivity index (χ2n) is 13.3. The third kappa shape index (κ3) is 7.79. The van der Waals surface area contributed by atoms with E-state index in [1.807, 2.05) is 6.08 Å². The Labute approximate surface area is 282 Å². The third-order valence-corrected chi connectivity index (χ3v) is 9.91. The Balaban J connectivity index is 0.000000381. The number of methoxy groups -OCH3 is 1. The highest BCUT2D eigenvalue weighted by atomic mass is 19.1. The molecule has 0 saturated carbocycles. The first-order chi connectivity index (χ1) is 23.3. The van der Waals surface area contributed by atoms with Crippen LogP contribution in [0.3, 0.4) is 0 Å². The van der Waals surface area contributed by atoms with Gasteiger partial charge in [-0.3, -0.25) is 19.6 Å². The first kappa shape index (κ1) is 33.8. The SMILES string of the molecule is CCCc1ccccc1C1Cc2nc(OC)nc(N3CCCN=C(/C=C(\N)c4cccc(=O)[nH]4)C3)c2CN1C.FC1CC2CCCN2C1. The Morgan fingerprint density at radius 1 is 1.12 bits per heavy atom. The monoisotopic (exact) mass is 656 g/mol. The van der Waals surface area contributed by atoms with Gasteiger partial charge in [0.05, 0.1) is 36.5 Å². The predicted molar refractivity (Wildman–Crippen MR) is 189 cm³/mol. The molecule has 2 aromatic heterocycles. The van der Waals surface area contributed by atoms with E-state index in [1.54, 1.807) is 19.2 Å². The van der Waals surface area contributed by atoms with E-state index >= 15 is 0 Å². The maximum absolute atomic E-state index is 12.6. The van der Waals surface area contributed by atoms with Crippen molar-refractivity contribution in [1.82, 2.24) is 24.8 Å². The van der Waals surface area contributed by atoms with Gasteiger partial charge in [0.2, 0.25) is 5.56 Å². The van der Waals surface area contributed by atoms with Crippen LogP contribution in [0.2, 0.25) is 0 Å². The number of rotatable bonds is 7. The van der Waals surface area contributed by atoms with Crippen molar-refractivity contribution in [3.63, 3.8) is 0 Å². The molecule has 1 aromatic carbocycles. The first-order valence-electron chi connectivity index (χ1n) is 17.4. The van der Waals surface area contributed by atoms with Gasteiger partial charge in [-0.05, 0) is 69.0 Å². The number of halogens is 1. The molecule has 48 heavy (non-hydrogen) atoms. The van der Waals surface area contributed by atoms with Crippen molar-refractivity contribution >= 4 is 17.2 Å². The van der Waals surface area contributed by atoms with Crippen molar-refractivity contribution < 1.29 is 9.13 Å². The molecule has 4 aliphatic rings. The summed E-state index contributed by atoms with van der Waals surface area (Å²) in [7, 11) is 3.80. The number of hydrogen-bond donors (Lipinski definition) is 2. The Bertz CT molecular complexity index is 1680. The van der Waals surface area contributed by atoms with E-state index in [9.17, 15) is 9.18 Å². The summed E-state index contributed by atoms with van der Waals surface area (Å²) >= 11 is 0. The smallest absolute Gasteiger partial charge is 0.318 e. The number of nitrogens with zero attached hydrogens (tertiary/aromatic N) is 6. The number of alkyl halides is 1. The van der Waals surface area contributed by atoms with Gasteiger partial charge in [-0.2, -0.15) is 9.97 Å². The van der Waals surface area contributed by atoms with Crippen molar-refractivity contribution in [1.29, 1.82) is 0 Å². The number of H-pyrrole nitrogens is 1. The van der Waals surface area contributed by atoms with Gasteiger partial charge in [0.15, 0.2) is 0 Å². The maximum atomic E-state index is 12.6. The van der Waals surface area contributed by atoms with Crippen LogP contribution in [0.5, 0.6) is 6.01 Å². The molecule has 4 aliphatic heterocycles. The summed E-state index contributed by atoms with van der Waals surface area (Å²) < 4.78 is 18.2. The lowest BCUT2D eigenvalue weighted by atomic mass is 9.89. The van der Waals surface area contributed by atoms with Gasteiger partial charge in [-0.15, -0.1) is 0 Å². The van der Waals surface area contributed by atoms with E-state index in [-0.39, 0.29) is 11.6 Å². The summed E-state index contributed by atoms with van der Waals surface area (Å²) in [6.45, 7) is 6.88. The molecule has 0 radical (unpaired) electrons. The number of nitrogens with one attached hydrogen (secondary N) is 1. The number of aryl methyl sites for hydroxylation is 1. The standard InChI is InChI=1S/C30H37N7O2.C7H12FN/c1-4-9-20-10-5-6-11-22(20)27-17-26-23(19-36(27)2)29(35-30(34-26)39-3)37-15-8-14-32-21(18-37)16-24(31)25-12-7-13-28(38)33-25;8-6-4-7-2-1-3-9(7)5-6/h5-7,10-13,16,27H,4,8-9,14-15,17-19,31H2,1-3H3,(H,33,38);6-7H,1-5H2/b24-16-;. The van der Waals surface area contributed by atoms with Gasteiger partial charge in [-0.25, -0.2) is 4.39 Å². The molecule has 0 bridgehead atoms. The highest BCUT2D eigenvalue weighted by Crippen LogP contribution is 2.37. The molecule has 2 fully saturated rings. The van der Waals surface area contributed by atoms with Gasteiger partial charge >= 0.3 is 6.01 Å². The summed E-state index contributed by atoms with van der Waals surface area (Å²) in [6, 6.07) is 15.0. The molecule has 0 aliphatic carbocycles. The van der Waals surface area contributed by atoms with Gasteiger partial charge in [0.25, 0.3) is 0 Å². The van der Waals surface area contributed by atoms with Gasteiger partial charge < -0.3 is 20.4 Å². The summed E-state index contributed by atoms with van der Waals surface area (Å²) in [5, 5.41) is 0. The van der Waals surface area contributed by atoms with Crippen LogP contribution < -0.4 is 20.9 Å². The van der Waals surface area contributed by atoms with Crippen LogP contribution in [-0.4, -0.2) is 89.6 Å². The molecule has 10 nitrogen and oxygen atoms in total. The van der Waals surface area contributed by atoms with Gasteiger partial charge in [-0.1, -0.05) is 43.7 Å². The number of likely N-dealkylation sites (N-methyl/N-ethyl adjacent to an activating group) is 1. The van der Waals surface area contributed by atoms with Crippen LogP contribution in [0, 0.1) is 0 Å². The van der Waals surface area contributed by atoms with Crippen LogP contribution in [-0.2, 0) is 19.4 Å². The molecule has 7 rings (SSSR count). The van der Waals surface area contributed by atoms with E-state index in [0.29, 0.717) is 43.1 Å². The van der Waals surface area contributed by atoms with Crippen molar-refractivity contribution in [2.24, 2.45) is 10.7 Å². The van der Waals surface area contributed by atoms with E-state index in [4.69, 9.17) is 25.4 Å². The highest BCUT2D eigenvalue weighted by molar-refractivity contribution is 6.03. The number of anilines is 1. The second kappa shape index (κ2) is 15.4. The maximum Gasteiger partial charge on any atom is 0.318 e. The predicted octanol–water partition coefficient (Wildman–Crippen LogP) is 4.70. The largest absolute Gasteiger partial charge is 0.467 e. The number of fused-ring (bicyclic) bond motifs is 2. The van der Waals surface area contributed by atoms with Crippen LogP contribution in [0.1, 0.15) is 73.1 Å². The first-order valence-corrected chi connectivity index (χ1v) is 17.4. The molecule has 256 valence electrons. The third-order valence-electron chi connectivity index (χ3n) is 9.91.